The summed E-state index contributed by atoms with van der Waals surface area (Å²) < 4.78 is 11.3. The van der Waals surface area contributed by atoms with Crippen LogP contribution in [0, 0.1) is 0 Å². The quantitative estimate of drug-likeness (QED) is 0.582. The molecule has 2 rings (SSSR count). The van der Waals surface area contributed by atoms with Gasteiger partial charge in [0.1, 0.15) is 11.5 Å². The molecule has 0 aliphatic rings. The molecule has 0 atom stereocenters. The van der Waals surface area contributed by atoms with Crippen molar-refractivity contribution in [1.82, 2.24) is 0 Å². The van der Waals surface area contributed by atoms with Gasteiger partial charge in [-0.05, 0) is 37.6 Å². The van der Waals surface area contributed by atoms with Crippen molar-refractivity contribution >= 4 is 11.4 Å². The second-order valence-corrected chi connectivity index (χ2v) is 5.51. The first kappa shape index (κ1) is 18.0. The summed E-state index contributed by atoms with van der Waals surface area (Å²) in [6, 6.07) is 16.1. The number of benzene rings is 2. The fourth-order valence-electron chi connectivity index (χ4n) is 2.33. The van der Waals surface area contributed by atoms with Crippen LogP contribution in [0.25, 0.3) is 0 Å². The maximum atomic E-state index is 5.73. The summed E-state index contributed by atoms with van der Waals surface area (Å²) in [5, 5.41) is 6.82. The van der Waals surface area contributed by atoms with Gasteiger partial charge in [-0.3, -0.25) is 0 Å². The van der Waals surface area contributed by atoms with E-state index in [1.165, 1.54) is 0 Å². The highest BCUT2D eigenvalue weighted by atomic mass is 16.5. The predicted molar refractivity (Wildman–Crippen MR) is 101 cm³/mol. The molecule has 4 nitrogen and oxygen atoms in total. The molecule has 2 aromatic rings. The zero-order chi connectivity index (χ0) is 17.0. The highest BCUT2D eigenvalue weighted by Gasteiger charge is 2.01. The minimum Gasteiger partial charge on any atom is -0.494 e. The van der Waals surface area contributed by atoms with E-state index in [1.54, 1.807) is 0 Å². The molecule has 2 N–H and O–H groups in total. The standard InChI is InChI=1S/C20H28N2O2/c1-3-5-15-24-18-10-8-9-17(16-18)21-13-14-22-19-11-6-7-12-20(19)23-4-2/h6-12,16,21-22H,3-5,13-15H2,1-2H3. The van der Waals surface area contributed by atoms with E-state index in [0.29, 0.717) is 6.61 Å². The summed E-state index contributed by atoms with van der Waals surface area (Å²) in [6.45, 7) is 7.23. The maximum Gasteiger partial charge on any atom is 0.142 e. The van der Waals surface area contributed by atoms with Gasteiger partial charge in [-0.15, -0.1) is 0 Å². The van der Waals surface area contributed by atoms with E-state index in [1.807, 2.05) is 49.4 Å². The SMILES string of the molecule is CCCCOc1cccc(NCCNc2ccccc2OCC)c1. The van der Waals surface area contributed by atoms with E-state index in [2.05, 4.69) is 23.6 Å². The molecule has 24 heavy (non-hydrogen) atoms. The summed E-state index contributed by atoms with van der Waals surface area (Å²) in [5.41, 5.74) is 2.10. The number of unbranched alkanes of at least 4 members (excludes halogenated alkanes) is 1. The molecule has 0 radical (unpaired) electrons. The van der Waals surface area contributed by atoms with Gasteiger partial charge in [0.15, 0.2) is 0 Å². The molecule has 0 saturated heterocycles. The number of ether oxygens (including phenoxy) is 2. The summed E-state index contributed by atoms with van der Waals surface area (Å²) in [7, 11) is 0. The number of anilines is 2. The van der Waals surface area contributed by atoms with Crippen molar-refractivity contribution in [3.8, 4) is 11.5 Å². The van der Waals surface area contributed by atoms with Crippen LogP contribution in [0.3, 0.4) is 0 Å². The molecule has 0 aliphatic carbocycles. The van der Waals surface area contributed by atoms with E-state index in [9.17, 15) is 0 Å². The van der Waals surface area contributed by atoms with Crippen molar-refractivity contribution in [3.63, 3.8) is 0 Å². The third-order valence-corrected chi connectivity index (χ3v) is 3.56. The number of para-hydroxylation sites is 2. The topological polar surface area (TPSA) is 42.5 Å². The number of hydrogen-bond acceptors (Lipinski definition) is 4. The van der Waals surface area contributed by atoms with E-state index in [0.717, 1.165) is 55.4 Å². The Labute approximate surface area is 145 Å². The van der Waals surface area contributed by atoms with Crippen LogP contribution in [0.1, 0.15) is 26.7 Å². The molecule has 0 bridgehead atoms. The fraction of sp³-hybridized carbons (Fsp3) is 0.400. The van der Waals surface area contributed by atoms with Crippen LogP contribution in [0.4, 0.5) is 11.4 Å². The van der Waals surface area contributed by atoms with Crippen LogP contribution < -0.4 is 20.1 Å². The van der Waals surface area contributed by atoms with Crippen LogP contribution in [0.15, 0.2) is 48.5 Å². The fourth-order valence-corrected chi connectivity index (χ4v) is 2.33. The van der Waals surface area contributed by atoms with Crippen LogP contribution in [0.5, 0.6) is 11.5 Å². The first-order valence-corrected chi connectivity index (χ1v) is 8.76. The van der Waals surface area contributed by atoms with Crippen molar-refractivity contribution in [2.24, 2.45) is 0 Å². The van der Waals surface area contributed by atoms with E-state index in [4.69, 9.17) is 9.47 Å². The Hall–Kier alpha value is -2.36. The molecule has 0 spiro atoms. The van der Waals surface area contributed by atoms with Crippen molar-refractivity contribution in [2.45, 2.75) is 26.7 Å². The lowest BCUT2D eigenvalue weighted by Crippen LogP contribution is -2.14. The number of hydrogen-bond donors (Lipinski definition) is 2. The monoisotopic (exact) mass is 328 g/mol. The smallest absolute Gasteiger partial charge is 0.142 e. The molecule has 0 amide bonds. The van der Waals surface area contributed by atoms with Gasteiger partial charge in [0, 0.05) is 24.8 Å². The van der Waals surface area contributed by atoms with E-state index in [-0.39, 0.29) is 0 Å². The van der Waals surface area contributed by atoms with Gasteiger partial charge in [-0.1, -0.05) is 31.5 Å². The number of rotatable bonds is 11. The van der Waals surface area contributed by atoms with Gasteiger partial charge in [-0.25, -0.2) is 0 Å². The van der Waals surface area contributed by atoms with Crippen molar-refractivity contribution < 1.29 is 9.47 Å². The predicted octanol–water partition coefficient (Wildman–Crippen LogP) is 4.79. The van der Waals surface area contributed by atoms with Crippen molar-refractivity contribution in [2.75, 3.05) is 36.9 Å². The molecule has 0 aliphatic heterocycles. The maximum absolute atomic E-state index is 5.73. The van der Waals surface area contributed by atoms with Gasteiger partial charge in [0.2, 0.25) is 0 Å². The Morgan fingerprint density at radius 1 is 0.875 bits per heavy atom. The molecule has 0 unspecified atom stereocenters. The molecule has 0 heterocycles. The number of nitrogens with one attached hydrogen (secondary N) is 2. The lowest BCUT2D eigenvalue weighted by atomic mass is 10.3. The zero-order valence-electron chi connectivity index (χ0n) is 14.7. The Morgan fingerprint density at radius 2 is 1.71 bits per heavy atom. The molecular formula is C20H28N2O2. The molecule has 4 heteroatoms. The van der Waals surface area contributed by atoms with Crippen LogP contribution in [-0.2, 0) is 0 Å². The molecule has 130 valence electrons. The van der Waals surface area contributed by atoms with Gasteiger partial charge >= 0.3 is 0 Å². The Balaban J connectivity index is 1.77. The minimum absolute atomic E-state index is 0.668. The van der Waals surface area contributed by atoms with Crippen molar-refractivity contribution in [1.29, 1.82) is 0 Å². The summed E-state index contributed by atoms with van der Waals surface area (Å²) in [5.74, 6) is 1.81. The summed E-state index contributed by atoms with van der Waals surface area (Å²) >= 11 is 0. The Kier molecular flexibility index (Phi) is 7.81. The summed E-state index contributed by atoms with van der Waals surface area (Å²) in [4.78, 5) is 0. The molecule has 0 fully saturated rings. The first-order chi connectivity index (χ1) is 11.8. The zero-order valence-corrected chi connectivity index (χ0v) is 14.7. The van der Waals surface area contributed by atoms with E-state index >= 15 is 0 Å². The van der Waals surface area contributed by atoms with Crippen LogP contribution in [-0.4, -0.2) is 26.3 Å². The Morgan fingerprint density at radius 3 is 2.54 bits per heavy atom. The largest absolute Gasteiger partial charge is 0.494 e. The second-order valence-electron chi connectivity index (χ2n) is 5.51. The highest BCUT2D eigenvalue weighted by Crippen LogP contribution is 2.23. The highest BCUT2D eigenvalue weighted by molar-refractivity contribution is 5.56. The van der Waals surface area contributed by atoms with Gasteiger partial charge in [0.05, 0.1) is 18.9 Å². The molecule has 0 aromatic heterocycles. The van der Waals surface area contributed by atoms with Gasteiger partial charge in [0.25, 0.3) is 0 Å². The average molecular weight is 328 g/mol. The van der Waals surface area contributed by atoms with Gasteiger partial charge < -0.3 is 20.1 Å². The molecule has 0 saturated carbocycles. The minimum atomic E-state index is 0.668. The lowest BCUT2D eigenvalue weighted by Gasteiger charge is -2.13. The third-order valence-electron chi connectivity index (χ3n) is 3.56. The molecule has 2 aromatic carbocycles. The normalized spacial score (nSPS) is 10.2. The Bertz CT molecular complexity index is 602. The van der Waals surface area contributed by atoms with Crippen LogP contribution in [0.2, 0.25) is 0 Å². The third kappa shape index (κ3) is 6.03. The van der Waals surface area contributed by atoms with Gasteiger partial charge in [-0.2, -0.15) is 0 Å². The molecular weight excluding hydrogens is 300 g/mol. The lowest BCUT2D eigenvalue weighted by molar-refractivity contribution is 0.309. The van der Waals surface area contributed by atoms with E-state index < -0.39 is 0 Å². The summed E-state index contributed by atoms with van der Waals surface area (Å²) in [6.07, 6.45) is 2.23. The van der Waals surface area contributed by atoms with Crippen LogP contribution >= 0.6 is 0 Å². The second kappa shape index (κ2) is 10.4. The first-order valence-electron chi connectivity index (χ1n) is 8.76. The average Bonchev–Trinajstić information content (AvgIpc) is 2.61. The van der Waals surface area contributed by atoms with Crippen molar-refractivity contribution in [3.05, 3.63) is 48.5 Å².